The second-order valence-corrected chi connectivity index (χ2v) is 7.26. The van der Waals surface area contributed by atoms with Crippen molar-refractivity contribution in [2.45, 2.75) is 31.8 Å². The van der Waals surface area contributed by atoms with Crippen molar-refractivity contribution in [3.05, 3.63) is 48.0 Å². The number of benzene rings is 2. The molecule has 1 N–H and O–H groups in total. The number of carbonyl (C=O) groups excluding carboxylic acids is 1. The third kappa shape index (κ3) is 4.76. The number of amides is 1. The van der Waals surface area contributed by atoms with Gasteiger partial charge < -0.3 is 10.2 Å². The maximum absolute atomic E-state index is 12.4. The molecule has 4 rings (SSSR count). The average molecular weight is 374 g/mol. The van der Waals surface area contributed by atoms with Crippen molar-refractivity contribution in [1.82, 2.24) is 15.1 Å². The SMILES string of the molecule is Cl.O=C(CCN(Cc1ccc2ccccc2c1)C1CC1)N1CCNCC1. The summed E-state index contributed by atoms with van der Waals surface area (Å²) in [5.74, 6) is 0.311. The Balaban J connectivity index is 0.00000196. The summed E-state index contributed by atoms with van der Waals surface area (Å²) in [5, 5.41) is 5.89. The Kier molecular flexibility index (Phi) is 6.52. The lowest BCUT2D eigenvalue weighted by molar-refractivity contribution is -0.132. The lowest BCUT2D eigenvalue weighted by Crippen LogP contribution is -2.47. The van der Waals surface area contributed by atoms with Gasteiger partial charge in [-0.05, 0) is 35.2 Å². The molecule has 1 amide bonds. The minimum absolute atomic E-state index is 0. The van der Waals surface area contributed by atoms with Crippen molar-refractivity contribution in [2.24, 2.45) is 0 Å². The van der Waals surface area contributed by atoms with Crippen molar-refractivity contribution >= 4 is 29.1 Å². The molecule has 1 saturated heterocycles. The van der Waals surface area contributed by atoms with Gasteiger partial charge in [-0.25, -0.2) is 0 Å². The molecule has 1 saturated carbocycles. The molecule has 0 spiro atoms. The molecule has 0 bridgehead atoms. The fourth-order valence-corrected chi connectivity index (χ4v) is 3.71. The molecule has 0 unspecified atom stereocenters. The van der Waals surface area contributed by atoms with Crippen LogP contribution in [0.5, 0.6) is 0 Å². The Morgan fingerprint density at radius 3 is 2.54 bits per heavy atom. The van der Waals surface area contributed by atoms with Gasteiger partial charge in [0.1, 0.15) is 0 Å². The van der Waals surface area contributed by atoms with Gasteiger partial charge in [0, 0.05) is 51.7 Å². The maximum atomic E-state index is 12.4. The van der Waals surface area contributed by atoms with E-state index in [0.29, 0.717) is 18.4 Å². The van der Waals surface area contributed by atoms with Crippen LogP contribution in [0.3, 0.4) is 0 Å². The zero-order valence-electron chi connectivity index (χ0n) is 15.2. The summed E-state index contributed by atoms with van der Waals surface area (Å²) in [6.07, 6.45) is 3.19. The van der Waals surface area contributed by atoms with Crippen LogP contribution < -0.4 is 5.32 Å². The van der Waals surface area contributed by atoms with Crippen LogP contribution in [0.25, 0.3) is 10.8 Å². The summed E-state index contributed by atoms with van der Waals surface area (Å²) in [7, 11) is 0. The number of halogens is 1. The molecule has 0 aromatic heterocycles. The van der Waals surface area contributed by atoms with E-state index >= 15 is 0 Å². The molecule has 0 radical (unpaired) electrons. The van der Waals surface area contributed by atoms with Crippen LogP contribution in [-0.2, 0) is 11.3 Å². The Morgan fingerprint density at radius 2 is 1.81 bits per heavy atom. The number of hydrogen-bond acceptors (Lipinski definition) is 3. The molecule has 2 aliphatic rings. The molecule has 1 aliphatic heterocycles. The van der Waals surface area contributed by atoms with Gasteiger partial charge >= 0.3 is 0 Å². The molecular weight excluding hydrogens is 346 g/mol. The minimum atomic E-state index is 0. The van der Waals surface area contributed by atoms with Crippen molar-refractivity contribution in [3.8, 4) is 0 Å². The van der Waals surface area contributed by atoms with Gasteiger partial charge in [0.15, 0.2) is 0 Å². The first-order valence-corrected chi connectivity index (χ1v) is 9.50. The molecule has 2 fully saturated rings. The van der Waals surface area contributed by atoms with E-state index in [0.717, 1.165) is 39.3 Å². The van der Waals surface area contributed by atoms with E-state index in [1.54, 1.807) is 0 Å². The van der Waals surface area contributed by atoms with Crippen molar-refractivity contribution in [1.29, 1.82) is 0 Å². The maximum Gasteiger partial charge on any atom is 0.223 e. The summed E-state index contributed by atoms with van der Waals surface area (Å²) in [6, 6.07) is 15.9. The van der Waals surface area contributed by atoms with E-state index in [1.165, 1.54) is 29.2 Å². The van der Waals surface area contributed by atoms with E-state index < -0.39 is 0 Å². The number of fused-ring (bicyclic) bond motifs is 1. The van der Waals surface area contributed by atoms with Crippen LogP contribution in [0.4, 0.5) is 0 Å². The van der Waals surface area contributed by atoms with Crippen LogP contribution >= 0.6 is 12.4 Å². The monoisotopic (exact) mass is 373 g/mol. The summed E-state index contributed by atoms with van der Waals surface area (Å²) in [6.45, 7) is 5.38. The van der Waals surface area contributed by atoms with Gasteiger partial charge in [0.2, 0.25) is 5.91 Å². The fraction of sp³-hybridized carbons (Fsp3) is 0.476. The van der Waals surface area contributed by atoms with E-state index in [1.807, 2.05) is 4.90 Å². The highest BCUT2D eigenvalue weighted by Crippen LogP contribution is 2.29. The summed E-state index contributed by atoms with van der Waals surface area (Å²) in [4.78, 5) is 17.0. The highest BCUT2D eigenvalue weighted by molar-refractivity contribution is 5.85. The Bertz CT molecular complexity index is 741. The highest BCUT2D eigenvalue weighted by atomic mass is 35.5. The molecule has 1 aliphatic carbocycles. The van der Waals surface area contributed by atoms with Crippen LogP contribution in [0.15, 0.2) is 42.5 Å². The van der Waals surface area contributed by atoms with Gasteiger partial charge in [-0.3, -0.25) is 9.69 Å². The molecule has 26 heavy (non-hydrogen) atoms. The predicted octanol–water partition coefficient (Wildman–Crippen LogP) is 3.05. The van der Waals surface area contributed by atoms with E-state index in [-0.39, 0.29) is 12.4 Å². The van der Waals surface area contributed by atoms with Gasteiger partial charge in [-0.2, -0.15) is 0 Å². The van der Waals surface area contributed by atoms with Gasteiger partial charge in [-0.15, -0.1) is 12.4 Å². The molecule has 140 valence electrons. The van der Waals surface area contributed by atoms with Crippen LogP contribution in [0.2, 0.25) is 0 Å². The van der Waals surface area contributed by atoms with Crippen LogP contribution in [0.1, 0.15) is 24.8 Å². The van der Waals surface area contributed by atoms with Gasteiger partial charge in [0.25, 0.3) is 0 Å². The smallest absolute Gasteiger partial charge is 0.223 e. The first-order chi connectivity index (χ1) is 12.3. The molecule has 1 heterocycles. The molecule has 0 atom stereocenters. The number of rotatable bonds is 6. The van der Waals surface area contributed by atoms with E-state index in [9.17, 15) is 4.79 Å². The van der Waals surface area contributed by atoms with E-state index in [4.69, 9.17) is 0 Å². The fourth-order valence-electron chi connectivity index (χ4n) is 3.71. The minimum Gasteiger partial charge on any atom is -0.340 e. The standard InChI is InChI=1S/C21H27N3O.ClH/c25-21(23-13-10-22-11-14-23)9-12-24(20-7-8-20)16-17-5-6-18-3-1-2-4-19(18)15-17;/h1-6,15,20,22H,7-14,16H2;1H. The zero-order chi connectivity index (χ0) is 17.1. The van der Waals surface area contributed by atoms with E-state index in [2.05, 4.69) is 52.7 Å². The lowest BCUT2D eigenvalue weighted by atomic mass is 10.1. The molecular formula is C21H28ClN3O. The Hall–Kier alpha value is -1.62. The zero-order valence-corrected chi connectivity index (χ0v) is 16.0. The molecule has 2 aromatic carbocycles. The summed E-state index contributed by atoms with van der Waals surface area (Å²) >= 11 is 0. The van der Waals surface area contributed by atoms with Gasteiger partial charge in [-0.1, -0.05) is 36.4 Å². The average Bonchev–Trinajstić information content (AvgIpc) is 3.50. The lowest BCUT2D eigenvalue weighted by Gasteiger charge is -2.29. The van der Waals surface area contributed by atoms with Crippen molar-refractivity contribution in [3.63, 3.8) is 0 Å². The number of nitrogens with zero attached hydrogens (tertiary/aromatic N) is 2. The van der Waals surface area contributed by atoms with Crippen LogP contribution in [0, 0.1) is 0 Å². The first-order valence-electron chi connectivity index (χ1n) is 9.50. The third-order valence-electron chi connectivity index (χ3n) is 5.35. The molecule has 4 nitrogen and oxygen atoms in total. The predicted molar refractivity (Wildman–Crippen MR) is 109 cm³/mol. The topological polar surface area (TPSA) is 35.6 Å². The normalized spacial score (nSPS) is 17.3. The number of carbonyl (C=O) groups is 1. The third-order valence-corrected chi connectivity index (χ3v) is 5.35. The largest absolute Gasteiger partial charge is 0.340 e. The highest BCUT2D eigenvalue weighted by Gasteiger charge is 2.29. The Labute approximate surface area is 161 Å². The second-order valence-electron chi connectivity index (χ2n) is 7.26. The Morgan fingerprint density at radius 1 is 1.08 bits per heavy atom. The first kappa shape index (κ1) is 19.2. The molecule has 5 heteroatoms. The summed E-state index contributed by atoms with van der Waals surface area (Å²) < 4.78 is 0. The number of piperazine rings is 1. The quantitative estimate of drug-likeness (QED) is 0.845. The van der Waals surface area contributed by atoms with Gasteiger partial charge in [0.05, 0.1) is 0 Å². The summed E-state index contributed by atoms with van der Waals surface area (Å²) in [5.41, 5.74) is 1.35. The van der Waals surface area contributed by atoms with Crippen LogP contribution in [-0.4, -0.2) is 54.5 Å². The number of nitrogens with one attached hydrogen (secondary N) is 1. The second kappa shape index (κ2) is 8.85. The molecule has 2 aromatic rings. The van der Waals surface area contributed by atoms with Crippen molar-refractivity contribution in [2.75, 3.05) is 32.7 Å². The number of hydrogen-bond donors (Lipinski definition) is 1. The van der Waals surface area contributed by atoms with Crippen molar-refractivity contribution < 1.29 is 4.79 Å².